The summed E-state index contributed by atoms with van der Waals surface area (Å²) in [6, 6.07) is 0. The highest BCUT2D eigenvalue weighted by molar-refractivity contribution is 9.10. The van der Waals surface area contributed by atoms with Gasteiger partial charge in [0, 0.05) is 7.05 Å². The predicted octanol–water partition coefficient (Wildman–Crippen LogP) is 0.0854. The van der Waals surface area contributed by atoms with Gasteiger partial charge in [-0.15, -0.1) is 0 Å². The Balaban J connectivity index is 2.66. The Morgan fingerprint density at radius 3 is 2.80 bits per heavy atom. The van der Waals surface area contributed by atoms with E-state index in [2.05, 4.69) is 31.1 Å². The minimum atomic E-state index is -0.498. The van der Waals surface area contributed by atoms with E-state index in [4.69, 9.17) is 0 Å². The van der Waals surface area contributed by atoms with Crippen molar-refractivity contribution in [2.45, 2.75) is 0 Å². The number of aryl methyl sites for hydroxylation is 1. The minimum absolute atomic E-state index is 0.160. The fraction of sp³-hybridized carbons (Fsp3) is 0.375. The van der Waals surface area contributed by atoms with Crippen LogP contribution in [0, 0.1) is 0 Å². The van der Waals surface area contributed by atoms with Crippen LogP contribution in [0.2, 0.25) is 0 Å². The van der Waals surface area contributed by atoms with E-state index in [1.165, 1.54) is 18.0 Å². The van der Waals surface area contributed by atoms with E-state index in [0.717, 1.165) is 0 Å². The van der Waals surface area contributed by atoms with Crippen LogP contribution in [0.15, 0.2) is 10.7 Å². The van der Waals surface area contributed by atoms with E-state index >= 15 is 0 Å². The summed E-state index contributed by atoms with van der Waals surface area (Å²) in [5.74, 6) is -0.881. The zero-order valence-electron chi connectivity index (χ0n) is 8.28. The van der Waals surface area contributed by atoms with Gasteiger partial charge in [0.15, 0.2) is 0 Å². The normalized spacial score (nSPS) is 9.80. The Hall–Kier alpha value is -1.37. The van der Waals surface area contributed by atoms with Crippen molar-refractivity contribution in [2.75, 3.05) is 13.7 Å². The molecular formula is C8H10BrN3O3. The van der Waals surface area contributed by atoms with Gasteiger partial charge in [0.1, 0.15) is 12.2 Å². The van der Waals surface area contributed by atoms with E-state index in [9.17, 15) is 9.59 Å². The molecule has 15 heavy (non-hydrogen) atoms. The first-order valence-electron chi connectivity index (χ1n) is 4.08. The molecule has 1 heterocycles. The number of rotatable bonds is 3. The van der Waals surface area contributed by atoms with Gasteiger partial charge < -0.3 is 10.1 Å². The second-order valence-electron chi connectivity index (χ2n) is 2.72. The third-order valence-electron chi connectivity index (χ3n) is 1.73. The molecule has 0 aliphatic heterocycles. The van der Waals surface area contributed by atoms with Crippen LogP contribution in [0.5, 0.6) is 0 Å². The second-order valence-corrected chi connectivity index (χ2v) is 3.58. The third kappa shape index (κ3) is 2.79. The van der Waals surface area contributed by atoms with Crippen LogP contribution in [0.3, 0.4) is 0 Å². The monoisotopic (exact) mass is 275 g/mol. The lowest BCUT2D eigenvalue weighted by Gasteiger charge is -2.04. The molecule has 1 rings (SSSR count). The number of ether oxygens (including phenoxy) is 1. The van der Waals surface area contributed by atoms with Crippen molar-refractivity contribution >= 4 is 27.8 Å². The van der Waals surface area contributed by atoms with Gasteiger partial charge in [0.2, 0.25) is 0 Å². The topological polar surface area (TPSA) is 73.2 Å². The summed E-state index contributed by atoms with van der Waals surface area (Å²) in [4.78, 5) is 22.3. The number of nitrogens with one attached hydrogen (secondary N) is 1. The number of hydrogen-bond acceptors (Lipinski definition) is 4. The first-order valence-corrected chi connectivity index (χ1v) is 4.88. The molecule has 1 aromatic rings. The zero-order valence-corrected chi connectivity index (χ0v) is 9.87. The zero-order chi connectivity index (χ0) is 11.4. The lowest BCUT2D eigenvalue weighted by Crippen LogP contribution is -2.31. The first kappa shape index (κ1) is 11.7. The van der Waals surface area contributed by atoms with Gasteiger partial charge >= 0.3 is 5.97 Å². The SMILES string of the molecule is COC(=O)CNC(=O)c1c(Br)cnn1C. The van der Waals surface area contributed by atoms with E-state index in [-0.39, 0.29) is 12.5 Å². The number of methoxy groups -OCH3 is 1. The number of amides is 1. The summed E-state index contributed by atoms with van der Waals surface area (Å²) >= 11 is 3.18. The molecule has 1 aromatic heterocycles. The van der Waals surface area contributed by atoms with Crippen LogP contribution in [0.4, 0.5) is 0 Å². The highest BCUT2D eigenvalue weighted by Gasteiger charge is 2.15. The number of hydrogen-bond donors (Lipinski definition) is 1. The minimum Gasteiger partial charge on any atom is -0.468 e. The number of aromatic nitrogens is 2. The maximum atomic E-state index is 11.6. The molecule has 0 saturated carbocycles. The molecule has 0 atom stereocenters. The molecule has 0 saturated heterocycles. The molecule has 0 unspecified atom stereocenters. The maximum Gasteiger partial charge on any atom is 0.325 e. The molecule has 0 fully saturated rings. The van der Waals surface area contributed by atoms with E-state index in [0.29, 0.717) is 10.2 Å². The summed E-state index contributed by atoms with van der Waals surface area (Å²) < 4.78 is 6.38. The summed E-state index contributed by atoms with van der Waals surface area (Å²) in [6.07, 6.45) is 1.51. The highest BCUT2D eigenvalue weighted by Crippen LogP contribution is 2.14. The van der Waals surface area contributed by atoms with Crippen molar-refractivity contribution in [1.82, 2.24) is 15.1 Å². The van der Waals surface area contributed by atoms with Crippen molar-refractivity contribution < 1.29 is 14.3 Å². The van der Waals surface area contributed by atoms with Crippen LogP contribution < -0.4 is 5.32 Å². The molecule has 7 heteroatoms. The summed E-state index contributed by atoms with van der Waals surface area (Å²) in [5, 5.41) is 6.29. The van der Waals surface area contributed by atoms with Crippen molar-refractivity contribution in [3.8, 4) is 0 Å². The first-order chi connectivity index (χ1) is 7.06. The molecular weight excluding hydrogens is 266 g/mol. The summed E-state index contributed by atoms with van der Waals surface area (Å²) in [5.41, 5.74) is 0.360. The van der Waals surface area contributed by atoms with Gasteiger partial charge in [-0.1, -0.05) is 0 Å². The quantitative estimate of drug-likeness (QED) is 0.794. The molecule has 0 aliphatic carbocycles. The number of esters is 1. The van der Waals surface area contributed by atoms with Crippen LogP contribution >= 0.6 is 15.9 Å². The van der Waals surface area contributed by atoms with Crippen molar-refractivity contribution in [1.29, 1.82) is 0 Å². The summed E-state index contributed by atoms with van der Waals surface area (Å²) in [7, 11) is 2.90. The number of carbonyl (C=O) groups is 2. The fourth-order valence-corrected chi connectivity index (χ4v) is 1.50. The van der Waals surface area contributed by atoms with Crippen molar-refractivity contribution in [3.05, 3.63) is 16.4 Å². The third-order valence-corrected chi connectivity index (χ3v) is 2.31. The largest absolute Gasteiger partial charge is 0.468 e. The average molecular weight is 276 g/mol. The Morgan fingerprint density at radius 1 is 1.67 bits per heavy atom. The highest BCUT2D eigenvalue weighted by atomic mass is 79.9. The lowest BCUT2D eigenvalue weighted by molar-refractivity contribution is -0.139. The van der Waals surface area contributed by atoms with Crippen molar-refractivity contribution in [2.24, 2.45) is 7.05 Å². The second kappa shape index (κ2) is 4.92. The van der Waals surface area contributed by atoms with Crippen LogP contribution in [-0.4, -0.2) is 35.3 Å². The number of carbonyl (C=O) groups excluding carboxylic acids is 2. The van der Waals surface area contributed by atoms with Crippen LogP contribution in [0.25, 0.3) is 0 Å². The van der Waals surface area contributed by atoms with Gasteiger partial charge in [0.25, 0.3) is 5.91 Å². The molecule has 0 aliphatic rings. The standard InChI is InChI=1S/C8H10BrN3O3/c1-12-7(5(9)3-11-12)8(14)10-4-6(13)15-2/h3H,4H2,1-2H3,(H,10,14). The molecule has 6 nitrogen and oxygen atoms in total. The van der Waals surface area contributed by atoms with Crippen LogP contribution in [-0.2, 0) is 16.6 Å². The molecule has 1 N–H and O–H groups in total. The Kier molecular flexibility index (Phi) is 3.84. The van der Waals surface area contributed by atoms with Gasteiger partial charge in [-0.25, -0.2) is 0 Å². The molecule has 0 bridgehead atoms. The fourth-order valence-electron chi connectivity index (χ4n) is 0.974. The van der Waals surface area contributed by atoms with E-state index in [1.54, 1.807) is 7.05 Å². The molecule has 1 amide bonds. The molecule has 0 spiro atoms. The molecule has 0 radical (unpaired) electrons. The molecule has 82 valence electrons. The van der Waals surface area contributed by atoms with Gasteiger partial charge in [-0.2, -0.15) is 5.10 Å². The van der Waals surface area contributed by atoms with Gasteiger partial charge in [-0.3, -0.25) is 14.3 Å². The van der Waals surface area contributed by atoms with Gasteiger partial charge in [-0.05, 0) is 15.9 Å². The lowest BCUT2D eigenvalue weighted by atomic mass is 10.4. The van der Waals surface area contributed by atoms with E-state index in [1.807, 2.05) is 0 Å². The number of halogens is 1. The van der Waals surface area contributed by atoms with E-state index < -0.39 is 5.97 Å². The Bertz CT molecular complexity index is 369. The van der Waals surface area contributed by atoms with Crippen molar-refractivity contribution in [3.63, 3.8) is 0 Å². The van der Waals surface area contributed by atoms with Gasteiger partial charge in [0.05, 0.1) is 17.8 Å². The molecule has 0 aromatic carbocycles. The predicted molar refractivity (Wildman–Crippen MR) is 55.3 cm³/mol. The Morgan fingerprint density at radius 2 is 2.33 bits per heavy atom. The average Bonchev–Trinajstić information content (AvgIpc) is 2.54. The number of nitrogens with zero attached hydrogens (tertiary/aromatic N) is 2. The maximum absolute atomic E-state index is 11.6. The summed E-state index contributed by atoms with van der Waals surface area (Å²) in [6.45, 7) is -0.160. The Labute approximate surface area is 94.7 Å². The van der Waals surface area contributed by atoms with Crippen LogP contribution in [0.1, 0.15) is 10.5 Å². The smallest absolute Gasteiger partial charge is 0.325 e.